The molecule has 19 heavy (non-hydrogen) atoms. The fourth-order valence-corrected chi connectivity index (χ4v) is 3.59. The number of thioether (sulfide) groups is 1. The first-order valence-corrected chi connectivity index (χ1v) is 7.31. The number of nitro groups is 1. The first kappa shape index (κ1) is 14.1. The second-order valence-corrected chi connectivity index (χ2v) is 6.68. The molecule has 1 saturated heterocycles. The number of non-ortho nitro benzene ring substituents is 1. The van der Waals surface area contributed by atoms with Gasteiger partial charge in [-0.1, -0.05) is 13.8 Å². The Morgan fingerprint density at radius 2 is 2.26 bits per heavy atom. The van der Waals surface area contributed by atoms with Crippen LogP contribution in [0.15, 0.2) is 18.2 Å². The van der Waals surface area contributed by atoms with Crippen molar-refractivity contribution >= 4 is 23.1 Å². The molecule has 0 aliphatic carbocycles. The molecule has 1 aromatic rings. The maximum atomic E-state index is 13.7. The molecule has 1 unspecified atom stereocenters. The van der Waals surface area contributed by atoms with Gasteiger partial charge in [0.1, 0.15) is 5.82 Å². The minimum absolute atomic E-state index is 0.0911. The minimum Gasteiger partial charge on any atom is -0.379 e. The van der Waals surface area contributed by atoms with Crippen LogP contribution in [0.3, 0.4) is 0 Å². The molecule has 1 aliphatic heterocycles. The average Bonchev–Trinajstić information content (AvgIpc) is 2.30. The van der Waals surface area contributed by atoms with Gasteiger partial charge in [-0.15, -0.1) is 0 Å². The zero-order valence-corrected chi connectivity index (χ0v) is 11.8. The molecule has 0 bridgehead atoms. The van der Waals surface area contributed by atoms with Crippen LogP contribution in [-0.4, -0.2) is 22.5 Å². The van der Waals surface area contributed by atoms with E-state index in [1.807, 2.05) is 11.8 Å². The highest BCUT2D eigenvalue weighted by atomic mass is 32.2. The monoisotopic (exact) mass is 284 g/mol. The average molecular weight is 284 g/mol. The van der Waals surface area contributed by atoms with Gasteiger partial charge in [-0.05, 0) is 23.7 Å². The van der Waals surface area contributed by atoms with E-state index < -0.39 is 10.7 Å². The lowest BCUT2D eigenvalue weighted by molar-refractivity contribution is -0.384. The van der Waals surface area contributed by atoms with Crippen LogP contribution in [0, 0.1) is 21.3 Å². The molecule has 0 aromatic heterocycles. The molecule has 0 amide bonds. The molecule has 1 N–H and O–H groups in total. The van der Waals surface area contributed by atoms with E-state index in [0.717, 1.165) is 24.0 Å². The third kappa shape index (κ3) is 3.59. The Morgan fingerprint density at radius 1 is 1.53 bits per heavy atom. The summed E-state index contributed by atoms with van der Waals surface area (Å²) >= 11 is 1.83. The third-order valence-electron chi connectivity index (χ3n) is 3.13. The summed E-state index contributed by atoms with van der Waals surface area (Å²) in [5.41, 5.74) is 0.335. The van der Waals surface area contributed by atoms with Gasteiger partial charge in [0.15, 0.2) is 0 Å². The zero-order chi connectivity index (χ0) is 14.0. The molecule has 1 aromatic carbocycles. The van der Waals surface area contributed by atoms with Gasteiger partial charge >= 0.3 is 0 Å². The van der Waals surface area contributed by atoms with Gasteiger partial charge in [0.25, 0.3) is 5.69 Å². The molecular weight excluding hydrogens is 267 g/mol. The SMILES string of the molecule is CC1(C)CSCC(Nc2cc([N+](=O)[O-])ccc2F)C1. The van der Waals surface area contributed by atoms with Crippen molar-refractivity contribution in [3.63, 3.8) is 0 Å². The summed E-state index contributed by atoms with van der Waals surface area (Å²) in [6.45, 7) is 4.36. The molecule has 2 rings (SSSR count). The van der Waals surface area contributed by atoms with E-state index in [1.165, 1.54) is 12.1 Å². The fourth-order valence-electron chi connectivity index (χ4n) is 2.31. The Bertz CT molecular complexity index is 494. The van der Waals surface area contributed by atoms with Crippen LogP contribution < -0.4 is 5.32 Å². The second kappa shape index (κ2) is 5.36. The van der Waals surface area contributed by atoms with Gasteiger partial charge in [-0.3, -0.25) is 10.1 Å². The summed E-state index contributed by atoms with van der Waals surface area (Å²) in [7, 11) is 0. The van der Waals surface area contributed by atoms with E-state index in [-0.39, 0.29) is 22.8 Å². The lowest BCUT2D eigenvalue weighted by atomic mass is 9.88. The van der Waals surface area contributed by atoms with Crippen molar-refractivity contribution < 1.29 is 9.31 Å². The van der Waals surface area contributed by atoms with Gasteiger partial charge < -0.3 is 5.32 Å². The third-order valence-corrected chi connectivity index (χ3v) is 4.75. The van der Waals surface area contributed by atoms with Crippen molar-refractivity contribution in [1.29, 1.82) is 0 Å². The van der Waals surface area contributed by atoms with Gasteiger partial charge in [0.05, 0.1) is 10.6 Å². The van der Waals surface area contributed by atoms with Gasteiger partial charge in [0, 0.05) is 23.9 Å². The van der Waals surface area contributed by atoms with Crippen LogP contribution in [0.5, 0.6) is 0 Å². The van der Waals surface area contributed by atoms with E-state index in [9.17, 15) is 14.5 Å². The van der Waals surface area contributed by atoms with E-state index >= 15 is 0 Å². The summed E-state index contributed by atoms with van der Waals surface area (Å²) in [6.07, 6.45) is 0.933. The van der Waals surface area contributed by atoms with Crippen molar-refractivity contribution in [3.05, 3.63) is 34.1 Å². The van der Waals surface area contributed by atoms with Crippen LogP contribution in [-0.2, 0) is 0 Å². The van der Waals surface area contributed by atoms with Crippen molar-refractivity contribution in [3.8, 4) is 0 Å². The Kier molecular flexibility index (Phi) is 3.99. The van der Waals surface area contributed by atoms with Crippen molar-refractivity contribution in [2.75, 3.05) is 16.8 Å². The zero-order valence-electron chi connectivity index (χ0n) is 11.0. The maximum Gasteiger partial charge on any atom is 0.271 e. The van der Waals surface area contributed by atoms with Crippen LogP contribution in [0.1, 0.15) is 20.3 Å². The summed E-state index contributed by atoms with van der Waals surface area (Å²) < 4.78 is 13.7. The molecule has 1 aliphatic rings. The number of benzene rings is 1. The molecule has 4 nitrogen and oxygen atoms in total. The molecule has 0 radical (unpaired) electrons. The van der Waals surface area contributed by atoms with Crippen LogP contribution >= 0.6 is 11.8 Å². The maximum absolute atomic E-state index is 13.7. The van der Waals surface area contributed by atoms with Gasteiger partial charge in [-0.25, -0.2) is 4.39 Å². The second-order valence-electron chi connectivity index (χ2n) is 5.65. The smallest absolute Gasteiger partial charge is 0.271 e. The molecular formula is C13H17FN2O2S. The Hall–Kier alpha value is -1.30. The minimum atomic E-state index is -0.510. The van der Waals surface area contributed by atoms with Gasteiger partial charge in [0.2, 0.25) is 0 Å². The van der Waals surface area contributed by atoms with E-state index in [4.69, 9.17) is 0 Å². The summed E-state index contributed by atoms with van der Waals surface area (Å²) in [5.74, 6) is 1.53. The first-order valence-electron chi connectivity index (χ1n) is 6.16. The molecule has 6 heteroatoms. The van der Waals surface area contributed by atoms with Gasteiger partial charge in [-0.2, -0.15) is 11.8 Å². The van der Waals surface area contributed by atoms with Crippen LogP contribution in [0.2, 0.25) is 0 Å². The lowest BCUT2D eigenvalue weighted by Gasteiger charge is -2.35. The quantitative estimate of drug-likeness (QED) is 0.679. The number of hydrogen-bond donors (Lipinski definition) is 1. The number of hydrogen-bond acceptors (Lipinski definition) is 4. The highest BCUT2D eigenvalue weighted by Crippen LogP contribution is 2.35. The van der Waals surface area contributed by atoms with E-state index in [1.54, 1.807) is 0 Å². The number of anilines is 1. The van der Waals surface area contributed by atoms with Crippen molar-refractivity contribution in [2.24, 2.45) is 5.41 Å². The normalized spacial score (nSPS) is 21.9. The fraction of sp³-hybridized carbons (Fsp3) is 0.538. The molecule has 1 atom stereocenters. The number of nitrogens with one attached hydrogen (secondary N) is 1. The predicted octanol–water partition coefficient (Wildman–Crippen LogP) is 3.68. The standard InChI is InChI=1S/C13H17FN2O2S/c1-13(2)6-9(7-19-8-13)15-12-5-10(16(17)18)3-4-11(12)14/h3-5,9,15H,6-8H2,1-2H3. The first-order chi connectivity index (χ1) is 8.87. The molecule has 104 valence electrons. The molecule has 1 fully saturated rings. The predicted molar refractivity (Wildman–Crippen MR) is 76.2 cm³/mol. The Labute approximate surface area is 115 Å². The Balaban J connectivity index is 2.14. The van der Waals surface area contributed by atoms with Crippen molar-refractivity contribution in [1.82, 2.24) is 0 Å². The molecule has 0 saturated carbocycles. The van der Waals surface area contributed by atoms with E-state index in [2.05, 4.69) is 19.2 Å². The summed E-state index contributed by atoms with van der Waals surface area (Å²) in [4.78, 5) is 10.2. The topological polar surface area (TPSA) is 55.2 Å². The number of rotatable bonds is 3. The van der Waals surface area contributed by atoms with Crippen molar-refractivity contribution in [2.45, 2.75) is 26.3 Å². The van der Waals surface area contributed by atoms with E-state index in [0.29, 0.717) is 0 Å². The number of nitro benzene ring substituents is 1. The molecule has 0 spiro atoms. The van der Waals surface area contributed by atoms with Crippen LogP contribution in [0.4, 0.5) is 15.8 Å². The summed E-state index contributed by atoms with van der Waals surface area (Å²) in [5, 5.41) is 13.8. The summed E-state index contributed by atoms with van der Waals surface area (Å²) in [6, 6.07) is 3.73. The highest BCUT2D eigenvalue weighted by molar-refractivity contribution is 7.99. The highest BCUT2D eigenvalue weighted by Gasteiger charge is 2.29. The lowest BCUT2D eigenvalue weighted by Crippen LogP contribution is -2.35. The number of nitrogens with zero attached hydrogens (tertiary/aromatic N) is 1. The Morgan fingerprint density at radius 3 is 2.89 bits per heavy atom. The largest absolute Gasteiger partial charge is 0.379 e. The number of halogens is 1. The van der Waals surface area contributed by atoms with Crippen LogP contribution in [0.25, 0.3) is 0 Å². The molecule has 1 heterocycles.